The quantitative estimate of drug-likeness (QED) is 0.581. The lowest BCUT2D eigenvalue weighted by Crippen LogP contribution is -2.43. The van der Waals surface area contributed by atoms with Gasteiger partial charge in [0.25, 0.3) is 5.91 Å². The summed E-state index contributed by atoms with van der Waals surface area (Å²) in [6.45, 7) is 4.84. The smallest absolute Gasteiger partial charge is 0.257 e. The first kappa shape index (κ1) is 21.9. The predicted octanol–water partition coefficient (Wildman–Crippen LogP) is 5.10. The Bertz CT molecular complexity index is 1130. The highest BCUT2D eigenvalue weighted by atomic mass is 16.5. The molecule has 7 nitrogen and oxygen atoms in total. The number of rotatable bonds is 6. The van der Waals surface area contributed by atoms with Crippen LogP contribution in [0.15, 0.2) is 36.5 Å². The number of ether oxygens (including phenoxy) is 2. The lowest BCUT2D eigenvalue weighted by atomic mass is 9.98. The minimum Gasteiger partial charge on any atom is -0.497 e. The van der Waals surface area contributed by atoms with E-state index in [9.17, 15) is 4.79 Å². The molecule has 1 aromatic carbocycles. The lowest BCUT2D eigenvalue weighted by Gasteiger charge is -2.35. The normalized spacial score (nSPS) is 16.1. The Hall–Kier alpha value is -3.35. The zero-order valence-corrected chi connectivity index (χ0v) is 19.1. The highest BCUT2D eigenvalue weighted by Gasteiger charge is 2.29. The SMILES string of the molecule is CCC1CCCCN1C(=O)c1cnc2nc(C)ccc2c1Nc1cc(OC)ccc1OC. The number of aryl methyl sites for hydroxylation is 1. The van der Waals surface area contributed by atoms with Crippen molar-refractivity contribution < 1.29 is 14.3 Å². The van der Waals surface area contributed by atoms with E-state index in [-0.39, 0.29) is 11.9 Å². The second-order valence-corrected chi connectivity index (χ2v) is 8.12. The summed E-state index contributed by atoms with van der Waals surface area (Å²) in [7, 11) is 3.24. The first-order valence-corrected chi connectivity index (χ1v) is 11.1. The molecular formula is C25H30N4O3. The van der Waals surface area contributed by atoms with Crippen LogP contribution in [0.5, 0.6) is 11.5 Å². The number of nitrogens with one attached hydrogen (secondary N) is 1. The second kappa shape index (κ2) is 9.42. The van der Waals surface area contributed by atoms with Crippen molar-refractivity contribution in [3.63, 3.8) is 0 Å². The summed E-state index contributed by atoms with van der Waals surface area (Å²) in [6.07, 6.45) is 5.81. The molecule has 1 aliphatic heterocycles. The van der Waals surface area contributed by atoms with Gasteiger partial charge < -0.3 is 19.7 Å². The summed E-state index contributed by atoms with van der Waals surface area (Å²) < 4.78 is 11.0. The predicted molar refractivity (Wildman–Crippen MR) is 126 cm³/mol. The van der Waals surface area contributed by atoms with Gasteiger partial charge in [-0.05, 0) is 56.9 Å². The van der Waals surface area contributed by atoms with Gasteiger partial charge in [-0.3, -0.25) is 4.79 Å². The fraction of sp³-hybridized carbons (Fsp3) is 0.400. The van der Waals surface area contributed by atoms with Crippen LogP contribution in [0.1, 0.15) is 48.7 Å². The Morgan fingerprint density at radius 2 is 2.03 bits per heavy atom. The largest absolute Gasteiger partial charge is 0.497 e. The number of likely N-dealkylation sites (tertiary alicyclic amines) is 1. The summed E-state index contributed by atoms with van der Waals surface area (Å²) in [6, 6.07) is 9.68. The molecule has 1 amide bonds. The third-order valence-electron chi connectivity index (χ3n) is 6.12. The number of anilines is 2. The molecule has 0 saturated carbocycles. The van der Waals surface area contributed by atoms with Crippen molar-refractivity contribution in [3.8, 4) is 11.5 Å². The van der Waals surface area contributed by atoms with E-state index in [4.69, 9.17) is 9.47 Å². The molecule has 3 heterocycles. The van der Waals surface area contributed by atoms with Crippen LogP contribution in [0.2, 0.25) is 0 Å². The zero-order chi connectivity index (χ0) is 22.7. The number of amides is 1. The minimum absolute atomic E-state index is 0.00381. The fourth-order valence-corrected chi connectivity index (χ4v) is 4.36. The van der Waals surface area contributed by atoms with Crippen molar-refractivity contribution in [1.82, 2.24) is 14.9 Å². The first-order chi connectivity index (χ1) is 15.5. The van der Waals surface area contributed by atoms with Crippen LogP contribution in [0.4, 0.5) is 11.4 Å². The minimum atomic E-state index is -0.00381. The van der Waals surface area contributed by atoms with Gasteiger partial charge in [-0.25, -0.2) is 9.97 Å². The van der Waals surface area contributed by atoms with E-state index in [2.05, 4.69) is 22.2 Å². The molecule has 1 atom stereocenters. The van der Waals surface area contributed by atoms with Gasteiger partial charge in [0.05, 0.1) is 31.2 Å². The third-order valence-corrected chi connectivity index (χ3v) is 6.12. The van der Waals surface area contributed by atoms with Gasteiger partial charge in [0, 0.05) is 35.9 Å². The van der Waals surface area contributed by atoms with Crippen LogP contribution in [0.25, 0.3) is 11.0 Å². The van der Waals surface area contributed by atoms with Crippen molar-refractivity contribution in [2.75, 3.05) is 26.1 Å². The highest BCUT2D eigenvalue weighted by Crippen LogP contribution is 2.36. The van der Waals surface area contributed by atoms with Crippen molar-refractivity contribution in [2.24, 2.45) is 0 Å². The fourth-order valence-electron chi connectivity index (χ4n) is 4.36. The van der Waals surface area contributed by atoms with Gasteiger partial charge in [-0.1, -0.05) is 6.92 Å². The van der Waals surface area contributed by atoms with E-state index in [1.54, 1.807) is 20.4 Å². The molecule has 32 heavy (non-hydrogen) atoms. The summed E-state index contributed by atoms with van der Waals surface area (Å²) >= 11 is 0. The molecule has 0 radical (unpaired) electrons. The topological polar surface area (TPSA) is 76.6 Å². The van der Waals surface area contributed by atoms with Gasteiger partial charge >= 0.3 is 0 Å². The summed E-state index contributed by atoms with van der Waals surface area (Å²) in [5.74, 6) is 1.34. The van der Waals surface area contributed by atoms with Crippen molar-refractivity contribution in [2.45, 2.75) is 45.6 Å². The summed E-state index contributed by atoms with van der Waals surface area (Å²) in [5, 5.41) is 4.24. The number of piperidine rings is 1. The Morgan fingerprint density at radius 3 is 2.78 bits per heavy atom. The van der Waals surface area contributed by atoms with Crippen molar-refractivity contribution >= 4 is 28.3 Å². The average Bonchev–Trinajstić information content (AvgIpc) is 2.83. The maximum atomic E-state index is 13.7. The summed E-state index contributed by atoms with van der Waals surface area (Å²) in [5.41, 5.74) is 3.39. The molecule has 1 fully saturated rings. The number of nitrogens with zero attached hydrogens (tertiary/aromatic N) is 3. The number of fused-ring (bicyclic) bond motifs is 1. The maximum Gasteiger partial charge on any atom is 0.257 e. The van der Waals surface area contributed by atoms with Crippen LogP contribution >= 0.6 is 0 Å². The van der Waals surface area contributed by atoms with Gasteiger partial charge in [0.1, 0.15) is 11.5 Å². The standard InChI is InChI=1S/C25H30N4O3/c1-5-17-8-6-7-13-29(17)25(30)20-15-26-24-19(11-9-16(2)27-24)23(20)28-21-14-18(31-3)10-12-22(21)32-4/h9-12,14-15,17H,5-8,13H2,1-4H3,(H,26,27,28). The van der Waals surface area contributed by atoms with Crippen molar-refractivity contribution in [3.05, 3.63) is 47.8 Å². The summed E-state index contributed by atoms with van der Waals surface area (Å²) in [4.78, 5) is 24.8. The van der Waals surface area contributed by atoms with Crippen LogP contribution in [-0.4, -0.2) is 47.6 Å². The molecule has 1 aliphatic rings. The molecule has 3 aromatic rings. The van der Waals surface area contributed by atoms with Crippen LogP contribution in [0.3, 0.4) is 0 Å². The van der Waals surface area contributed by atoms with E-state index in [0.29, 0.717) is 34.1 Å². The van der Waals surface area contributed by atoms with E-state index >= 15 is 0 Å². The zero-order valence-electron chi connectivity index (χ0n) is 19.1. The third kappa shape index (κ3) is 4.20. The molecule has 7 heteroatoms. The number of aromatic nitrogens is 2. The van der Waals surface area contributed by atoms with Gasteiger partial charge in [-0.2, -0.15) is 0 Å². The molecule has 0 aliphatic carbocycles. The van der Waals surface area contributed by atoms with Crippen LogP contribution in [0, 0.1) is 6.92 Å². The van der Waals surface area contributed by atoms with E-state index in [1.807, 2.05) is 42.2 Å². The maximum absolute atomic E-state index is 13.7. The van der Waals surface area contributed by atoms with Gasteiger partial charge in [0.2, 0.25) is 0 Å². The Morgan fingerprint density at radius 1 is 1.19 bits per heavy atom. The molecule has 0 spiro atoms. The molecule has 2 aromatic heterocycles. The number of hydrogen-bond acceptors (Lipinski definition) is 6. The van der Waals surface area contributed by atoms with Crippen molar-refractivity contribution in [1.29, 1.82) is 0 Å². The number of carbonyl (C=O) groups is 1. The molecule has 1 N–H and O–H groups in total. The Kier molecular flexibility index (Phi) is 6.44. The second-order valence-electron chi connectivity index (χ2n) is 8.12. The lowest BCUT2D eigenvalue weighted by molar-refractivity contribution is 0.0609. The molecule has 168 valence electrons. The first-order valence-electron chi connectivity index (χ1n) is 11.1. The van der Waals surface area contributed by atoms with Gasteiger partial charge in [0.15, 0.2) is 5.65 Å². The Labute approximate surface area is 188 Å². The Balaban J connectivity index is 1.85. The molecule has 0 bridgehead atoms. The number of carbonyl (C=O) groups excluding carboxylic acids is 1. The van der Waals surface area contributed by atoms with E-state index in [1.165, 1.54) is 0 Å². The molecular weight excluding hydrogens is 404 g/mol. The van der Waals surface area contributed by atoms with Crippen LogP contribution in [-0.2, 0) is 0 Å². The molecule has 1 saturated heterocycles. The highest BCUT2D eigenvalue weighted by molar-refractivity contribution is 6.07. The van der Waals surface area contributed by atoms with Gasteiger partial charge in [-0.15, -0.1) is 0 Å². The molecule has 1 unspecified atom stereocenters. The number of methoxy groups -OCH3 is 2. The van der Waals surface area contributed by atoms with E-state index < -0.39 is 0 Å². The van der Waals surface area contributed by atoms with Crippen LogP contribution < -0.4 is 14.8 Å². The van der Waals surface area contributed by atoms with E-state index in [0.717, 1.165) is 43.3 Å². The number of hydrogen-bond donors (Lipinski definition) is 1. The number of pyridine rings is 2. The average molecular weight is 435 g/mol. The molecule has 4 rings (SSSR count). The monoisotopic (exact) mass is 434 g/mol. The number of benzene rings is 1.